The van der Waals surface area contributed by atoms with Crippen molar-refractivity contribution in [3.63, 3.8) is 0 Å². The summed E-state index contributed by atoms with van der Waals surface area (Å²) in [5, 5.41) is 11.0. The summed E-state index contributed by atoms with van der Waals surface area (Å²) in [6, 6.07) is 3.82. The molecule has 3 N–H and O–H groups in total. The van der Waals surface area contributed by atoms with Gasteiger partial charge in [0.15, 0.2) is 0 Å². The van der Waals surface area contributed by atoms with Crippen LogP contribution in [0.1, 0.15) is 19.8 Å². The first-order valence-corrected chi connectivity index (χ1v) is 5.23. The van der Waals surface area contributed by atoms with E-state index in [4.69, 9.17) is 10.5 Å². The molecule has 1 saturated heterocycles. The van der Waals surface area contributed by atoms with Crippen LogP contribution in [-0.4, -0.2) is 29.0 Å². The molecule has 1 aromatic rings. The number of nitrogens with two attached hydrogens (primary N) is 1. The first-order chi connectivity index (χ1) is 7.25. The Hall–Kier alpha value is -1.36. The highest BCUT2D eigenvalue weighted by atomic mass is 16.5. The predicted octanol–water partition coefficient (Wildman–Crippen LogP) is 1.04. The number of nitrogens with one attached hydrogen (secondary N) is 1. The van der Waals surface area contributed by atoms with Crippen LogP contribution in [0.5, 0.6) is 0 Å². The van der Waals surface area contributed by atoms with Crippen molar-refractivity contribution in [1.29, 1.82) is 0 Å². The molecule has 2 rings (SSSR count). The molecule has 1 aromatic heterocycles. The molecule has 1 aliphatic rings. The maximum atomic E-state index is 5.58. The average molecular weight is 208 g/mol. The smallest absolute Gasteiger partial charge is 0.149 e. The summed E-state index contributed by atoms with van der Waals surface area (Å²) >= 11 is 0. The fourth-order valence-corrected chi connectivity index (χ4v) is 1.74. The zero-order valence-electron chi connectivity index (χ0n) is 8.81. The van der Waals surface area contributed by atoms with Gasteiger partial charge in [-0.25, -0.2) is 0 Å². The molecular formula is C10H16N4O. The first-order valence-electron chi connectivity index (χ1n) is 5.23. The minimum atomic E-state index is 0.255. The highest BCUT2D eigenvalue weighted by Crippen LogP contribution is 2.17. The van der Waals surface area contributed by atoms with Crippen LogP contribution in [-0.2, 0) is 4.74 Å². The largest absolute Gasteiger partial charge is 0.382 e. The third-order valence-electron chi connectivity index (χ3n) is 2.58. The molecule has 5 nitrogen and oxygen atoms in total. The van der Waals surface area contributed by atoms with Crippen molar-refractivity contribution in [2.75, 3.05) is 17.7 Å². The Morgan fingerprint density at radius 2 is 2.40 bits per heavy atom. The van der Waals surface area contributed by atoms with Crippen LogP contribution in [0.4, 0.5) is 11.6 Å². The van der Waals surface area contributed by atoms with Crippen LogP contribution in [0.25, 0.3) is 0 Å². The lowest BCUT2D eigenvalue weighted by atomic mass is 10.1. The van der Waals surface area contributed by atoms with Gasteiger partial charge in [-0.1, -0.05) is 0 Å². The second kappa shape index (κ2) is 4.44. The summed E-state index contributed by atoms with van der Waals surface area (Å²) < 4.78 is 5.58. The van der Waals surface area contributed by atoms with Crippen molar-refractivity contribution in [3.05, 3.63) is 12.1 Å². The van der Waals surface area contributed by atoms with Crippen LogP contribution in [0.3, 0.4) is 0 Å². The highest BCUT2D eigenvalue weighted by molar-refractivity contribution is 5.39. The number of rotatable bonds is 3. The maximum absolute atomic E-state index is 5.58. The molecule has 1 fully saturated rings. The van der Waals surface area contributed by atoms with E-state index in [1.165, 1.54) is 0 Å². The molecule has 2 unspecified atom stereocenters. The molecule has 82 valence electrons. The third-order valence-corrected chi connectivity index (χ3v) is 2.58. The zero-order valence-corrected chi connectivity index (χ0v) is 8.81. The lowest BCUT2D eigenvalue weighted by Crippen LogP contribution is -2.30. The van der Waals surface area contributed by atoms with E-state index in [1.807, 2.05) is 6.07 Å². The van der Waals surface area contributed by atoms with E-state index in [0.717, 1.165) is 25.3 Å². The quantitative estimate of drug-likeness (QED) is 0.776. The lowest BCUT2D eigenvalue weighted by molar-refractivity contribution is 0.0995. The molecule has 0 aromatic carbocycles. The van der Waals surface area contributed by atoms with E-state index in [1.54, 1.807) is 6.07 Å². The van der Waals surface area contributed by atoms with Crippen molar-refractivity contribution in [2.24, 2.45) is 0 Å². The number of aromatic nitrogens is 2. The summed E-state index contributed by atoms with van der Waals surface area (Å²) in [5.41, 5.74) is 5.45. The number of ether oxygens (including phenoxy) is 1. The van der Waals surface area contributed by atoms with E-state index in [9.17, 15) is 0 Å². The van der Waals surface area contributed by atoms with Crippen molar-refractivity contribution in [2.45, 2.75) is 31.9 Å². The third kappa shape index (κ3) is 2.56. The summed E-state index contributed by atoms with van der Waals surface area (Å²) in [5.74, 6) is 1.18. The Bertz CT molecular complexity index is 308. The van der Waals surface area contributed by atoms with Crippen molar-refractivity contribution >= 4 is 11.6 Å². The number of hydrogen-bond donors (Lipinski definition) is 2. The second-order valence-electron chi connectivity index (χ2n) is 3.83. The van der Waals surface area contributed by atoms with Crippen LogP contribution in [0.2, 0.25) is 0 Å². The zero-order chi connectivity index (χ0) is 10.7. The minimum Gasteiger partial charge on any atom is -0.382 e. The van der Waals surface area contributed by atoms with E-state index in [2.05, 4.69) is 22.4 Å². The van der Waals surface area contributed by atoms with Gasteiger partial charge in [0.05, 0.1) is 12.1 Å². The second-order valence-corrected chi connectivity index (χ2v) is 3.83. The van der Waals surface area contributed by atoms with E-state index in [0.29, 0.717) is 5.82 Å². The molecule has 5 heteroatoms. The van der Waals surface area contributed by atoms with Gasteiger partial charge < -0.3 is 15.8 Å². The van der Waals surface area contributed by atoms with Crippen molar-refractivity contribution < 1.29 is 4.74 Å². The van der Waals surface area contributed by atoms with Gasteiger partial charge in [0, 0.05) is 6.61 Å². The number of hydrogen-bond acceptors (Lipinski definition) is 5. The first kappa shape index (κ1) is 10.2. The van der Waals surface area contributed by atoms with Gasteiger partial charge in [-0.3, -0.25) is 0 Å². The number of nitrogens with zero attached hydrogens (tertiary/aromatic N) is 2. The topological polar surface area (TPSA) is 73.1 Å². The molecule has 0 aliphatic carbocycles. The molecule has 15 heavy (non-hydrogen) atoms. The van der Waals surface area contributed by atoms with Crippen LogP contribution in [0.15, 0.2) is 12.1 Å². The van der Waals surface area contributed by atoms with E-state index >= 15 is 0 Å². The molecule has 0 bridgehead atoms. The number of anilines is 2. The van der Waals surface area contributed by atoms with Crippen molar-refractivity contribution in [3.8, 4) is 0 Å². The summed E-state index contributed by atoms with van der Waals surface area (Å²) in [6.07, 6.45) is 2.53. The maximum Gasteiger partial charge on any atom is 0.149 e. The van der Waals surface area contributed by atoms with Crippen LogP contribution < -0.4 is 11.1 Å². The monoisotopic (exact) mass is 208 g/mol. The molecule has 0 saturated carbocycles. The lowest BCUT2D eigenvalue weighted by Gasteiger charge is -2.20. The van der Waals surface area contributed by atoms with Crippen LogP contribution in [0, 0.1) is 0 Å². The Balaban J connectivity index is 1.92. The summed E-state index contributed by atoms with van der Waals surface area (Å²) in [7, 11) is 0. The Labute approximate surface area is 89.0 Å². The Kier molecular flexibility index (Phi) is 3.01. The number of nitrogen functional groups attached to an aromatic ring is 1. The van der Waals surface area contributed by atoms with Crippen LogP contribution >= 0.6 is 0 Å². The minimum absolute atomic E-state index is 0.255. The molecule has 0 amide bonds. The molecular weight excluding hydrogens is 192 g/mol. The summed E-state index contributed by atoms with van der Waals surface area (Å²) in [4.78, 5) is 0. The van der Waals surface area contributed by atoms with Gasteiger partial charge >= 0.3 is 0 Å². The van der Waals surface area contributed by atoms with Gasteiger partial charge in [0.1, 0.15) is 11.6 Å². The van der Waals surface area contributed by atoms with Gasteiger partial charge in [0.2, 0.25) is 0 Å². The van der Waals surface area contributed by atoms with Crippen molar-refractivity contribution in [1.82, 2.24) is 10.2 Å². The van der Waals surface area contributed by atoms with E-state index in [-0.39, 0.29) is 12.1 Å². The molecule has 2 atom stereocenters. The molecule has 2 heterocycles. The molecule has 1 aliphatic heterocycles. The molecule has 0 spiro atoms. The average Bonchev–Trinajstić information content (AvgIpc) is 2.74. The fraction of sp³-hybridized carbons (Fsp3) is 0.600. The Morgan fingerprint density at radius 3 is 3.00 bits per heavy atom. The van der Waals surface area contributed by atoms with Gasteiger partial charge in [-0.15, -0.1) is 10.2 Å². The predicted molar refractivity (Wildman–Crippen MR) is 58.5 cm³/mol. The standard InChI is InChI=1S/C10H16N4O/c1-7(8-3-2-6-15-8)12-10-5-4-9(11)13-14-10/h4-5,7-8H,2-3,6H2,1H3,(H2,11,13)(H,12,14). The molecule has 0 radical (unpaired) electrons. The van der Waals surface area contributed by atoms with E-state index < -0.39 is 0 Å². The van der Waals surface area contributed by atoms with Gasteiger partial charge in [-0.05, 0) is 31.9 Å². The Morgan fingerprint density at radius 1 is 1.53 bits per heavy atom. The highest BCUT2D eigenvalue weighted by Gasteiger charge is 2.22. The summed E-state index contributed by atoms with van der Waals surface area (Å²) in [6.45, 7) is 2.96. The van der Waals surface area contributed by atoms with Gasteiger partial charge in [-0.2, -0.15) is 0 Å². The fourth-order valence-electron chi connectivity index (χ4n) is 1.74. The van der Waals surface area contributed by atoms with Gasteiger partial charge in [0.25, 0.3) is 0 Å². The SMILES string of the molecule is CC(Nc1ccc(N)nn1)C1CCCO1. The normalized spacial score (nSPS) is 22.6.